The molecule has 4 heteroatoms. The Balaban J connectivity index is 2.43. The van der Waals surface area contributed by atoms with E-state index in [1.54, 1.807) is 0 Å². The molecule has 0 aromatic rings. The Morgan fingerprint density at radius 3 is 2.83 bits per heavy atom. The summed E-state index contributed by atoms with van der Waals surface area (Å²) in [5.74, 6) is 0.358. The summed E-state index contributed by atoms with van der Waals surface area (Å²) in [7, 11) is 0. The summed E-state index contributed by atoms with van der Waals surface area (Å²) in [6.07, 6.45) is 1.27. The third kappa shape index (κ3) is 2.14. The molecule has 0 bridgehead atoms. The van der Waals surface area contributed by atoms with E-state index in [4.69, 9.17) is 10.8 Å². The van der Waals surface area contributed by atoms with Crippen molar-refractivity contribution in [3.05, 3.63) is 0 Å². The Labute approximate surface area is 76.7 Å². The van der Waals surface area contributed by atoms with Gasteiger partial charge in [-0.25, -0.2) is 0 Å². The van der Waals surface area contributed by atoms with Gasteiger partial charge in [-0.15, -0.1) is 0 Å². The van der Waals surface area contributed by atoms with E-state index in [9.17, 15) is 4.79 Å². The van der Waals surface area contributed by atoms with E-state index < -0.39 is 5.97 Å². The van der Waals surface area contributed by atoms with Crippen molar-refractivity contribution in [2.75, 3.05) is 5.75 Å². The van der Waals surface area contributed by atoms with Gasteiger partial charge in [-0.05, 0) is 18.1 Å². The lowest BCUT2D eigenvalue weighted by Gasteiger charge is -2.16. The van der Waals surface area contributed by atoms with Gasteiger partial charge in [0.15, 0.2) is 0 Å². The minimum atomic E-state index is -0.729. The van der Waals surface area contributed by atoms with E-state index in [1.807, 2.05) is 11.8 Å². The maximum Gasteiger partial charge on any atom is 0.303 e. The minimum absolute atomic E-state index is 0.0797. The largest absolute Gasteiger partial charge is 0.481 e. The number of thioether (sulfide) groups is 1. The lowest BCUT2D eigenvalue weighted by molar-refractivity contribution is -0.138. The second-order valence-corrected chi connectivity index (χ2v) is 4.49. The minimum Gasteiger partial charge on any atom is -0.481 e. The number of carbonyl (C=O) groups is 1. The van der Waals surface area contributed by atoms with Crippen LogP contribution in [0.15, 0.2) is 0 Å². The molecule has 3 atom stereocenters. The highest BCUT2D eigenvalue weighted by Gasteiger charge is 2.33. The Bertz CT molecular complexity index is 174. The summed E-state index contributed by atoms with van der Waals surface area (Å²) < 4.78 is 0. The van der Waals surface area contributed by atoms with Gasteiger partial charge in [-0.1, -0.05) is 6.92 Å². The Morgan fingerprint density at radius 1 is 1.75 bits per heavy atom. The molecule has 1 heterocycles. The summed E-state index contributed by atoms with van der Waals surface area (Å²) in [6.45, 7) is 2.10. The van der Waals surface area contributed by atoms with Crippen LogP contribution in [0.25, 0.3) is 0 Å². The highest BCUT2D eigenvalue weighted by Crippen LogP contribution is 2.34. The third-order valence-corrected chi connectivity index (χ3v) is 4.03. The fraction of sp³-hybridized carbons (Fsp3) is 0.875. The molecular formula is C8H15NO2S. The van der Waals surface area contributed by atoms with Crippen LogP contribution < -0.4 is 5.73 Å². The SMILES string of the molecule is CCC1SCC(CC(=O)O)C1N. The van der Waals surface area contributed by atoms with Crippen molar-refractivity contribution < 1.29 is 9.90 Å². The van der Waals surface area contributed by atoms with Crippen LogP contribution in [-0.4, -0.2) is 28.1 Å². The van der Waals surface area contributed by atoms with Gasteiger partial charge in [-0.3, -0.25) is 4.79 Å². The number of hydrogen-bond donors (Lipinski definition) is 2. The number of nitrogens with two attached hydrogens (primary N) is 1. The molecule has 3 N–H and O–H groups in total. The van der Waals surface area contributed by atoms with Crippen LogP contribution in [0.4, 0.5) is 0 Å². The van der Waals surface area contributed by atoms with Crippen LogP contribution in [0.3, 0.4) is 0 Å². The molecule has 0 aliphatic carbocycles. The molecule has 1 fully saturated rings. The average Bonchev–Trinajstić information content (AvgIpc) is 2.32. The zero-order chi connectivity index (χ0) is 9.14. The molecule has 1 rings (SSSR count). The van der Waals surface area contributed by atoms with E-state index in [0.717, 1.165) is 12.2 Å². The molecule has 1 saturated heterocycles. The number of carboxylic acid groups (broad SMARTS) is 1. The molecule has 70 valence electrons. The first-order valence-corrected chi connectivity index (χ1v) is 5.29. The molecule has 3 unspecified atom stereocenters. The summed E-state index contributed by atoms with van der Waals surface area (Å²) in [5.41, 5.74) is 5.90. The molecule has 0 radical (unpaired) electrons. The monoisotopic (exact) mass is 189 g/mol. The molecule has 12 heavy (non-hydrogen) atoms. The highest BCUT2D eigenvalue weighted by molar-refractivity contribution is 8.00. The Kier molecular flexibility index (Phi) is 3.40. The van der Waals surface area contributed by atoms with Gasteiger partial charge in [-0.2, -0.15) is 11.8 Å². The van der Waals surface area contributed by atoms with E-state index in [1.165, 1.54) is 0 Å². The first-order valence-electron chi connectivity index (χ1n) is 4.24. The molecule has 1 aliphatic heterocycles. The van der Waals surface area contributed by atoms with E-state index in [0.29, 0.717) is 5.25 Å². The van der Waals surface area contributed by atoms with Crippen LogP contribution in [-0.2, 0) is 4.79 Å². The number of rotatable bonds is 3. The third-order valence-electron chi connectivity index (χ3n) is 2.34. The summed E-state index contributed by atoms with van der Waals surface area (Å²) in [5, 5.41) is 9.05. The summed E-state index contributed by atoms with van der Waals surface area (Å²) in [4.78, 5) is 10.4. The second-order valence-electron chi connectivity index (χ2n) is 3.22. The Hall–Kier alpha value is -0.220. The lowest BCUT2D eigenvalue weighted by atomic mass is 9.96. The number of carboxylic acids is 1. The van der Waals surface area contributed by atoms with Crippen molar-refractivity contribution in [3.63, 3.8) is 0 Å². The van der Waals surface area contributed by atoms with Crippen LogP contribution >= 0.6 is 11.8 Å². The van der Waals surface area contributed by atoms with Crippen molar-refractivity contribution in [1.29, 1.82) is 0 Å². The maximum atomic E-state index is 10.4. The predicted molar refractivity (Wildman–Crippen MR) is 50.3 cm³/mol. The summed E-state index contributed by atoms with van der Waals surface area (Å²) in [6, 6.07) is 0.0797. The van der Waals surface area contributed by atoms with Crippen LogP contribution in [0.5, 0.6) is 0 Å². The Morgan fingerprint density at radius 2 is 2.42 bits per heavy atom. The second kappa shape index (κ2) is 4.14. The predicted octanol–water partition coefficient (Wildman–Crippen LogP) is 0.930. The fourth-order valence-corrected chi connectivity index (χ4v) is 3.10. The molecular weight excluding hydrogens is 174 g/mol. The molecule has 0 aromatic heterocycles. The lowest BCUT2D eigenvalue weighted by Crippen LogP contribution is -2.35. The highest BCUT2D eigenvalue weighted by atomic mass is 32.2. The molecule has 0 amide bonds. The number of aliphatic carboxylic acids is 1. The van der Waals surface area contributed by atoms with Gasteiger partial charge < -0.3 is 10.8 Å². The van der Waals surface area contributed by atoms with Crippen molar-refractivity contribution in [2.45, 2.75) is 31.1 Å². The van der Waals surface area contributed by atoms with Crippen molar-refractivity contribution in [3.8, 4) is 0 Å². The molecule has 3 nitrogen and oxygen atoms in total. The van der Waals surface area contributed by atoms with Crippen molar-refractivity contribution in [1.82, 2.24) is 0 Å². The molecule has 0 aromatic carbocycles. The van der Waals surface area contributed by atoms with Crippen LogP contribution in [0.2, 0.25) is 0 Å². The van der Waals surface area contributed by atoms with Gasteiger partial charge >= 0.3 is 5.97 Å². The van der Waals surface area contributed by atoms with E-state index in [2.05, 4.69) is 6.92 Å². The smallest absolute Gasteiger partial charge is 0.303 e. The zero-order valence-electron chi connectivity index (χ0n) is 7.19. The van der Waals surface area contributed by atoms with Crippen LogP contribution in [0, 0.1) is 5.92 Å². The van der Waals surface area contributed by atoms with Gasteiger partial charge in [0.05, 0.1) is 6.42 Å². The normalized spacial score (nSPS) is 35.3. The quantitative estimate of drug-likeness (QED) is 0.693. The maximum absolute atomic E-state index is 10.4. The van der Waals surface area contributed by atoms with Crippen molar-refractivity contribution in [2.24, 2.45) is 11.7 Å². The van der Waals surface area contributed by atoms with Gasteiger partial charge in [0, 0.05) is 11.3 Å². The van der Waals surface area contributed by atoms with Gasteiger partial charge in [0.1, 0.15) is 0 Å². The molecule has 0 saturated carbocycles. The standard InChI is InChI=1S/C8H15NO2S/c1-2-6-8(9)5(4-12-6)3-7(10)11/h5-6,8H,2-4,9H2,1H3,(H,10,11). The number of hydrogen-bond acceptors (Lipinski definition) is 3. The van der Waals surface area contributed by atoms with Crippen LogP contribution in [0.1, 0.15) is 19.8 Å². The van der Waals surface area contributed by atoms with Gasteiger partial charge in [0.25, 0.3) is 0 Å². The van der Waals surface area contributed by atoms with E-state index >= 15 is 0 Å². The first kappa shape index (κ1) is 9.86. The zero-order valence-corrected chi connectivity index (χ0v) is 8.01. The van der Waals surface area contributed by atoms with E-state index in [-0.39, 0.29) is 18.4 Å². The molecule has 0 spiro atoms. The fourth-order valence-electron chi connectivity index (χ4n) is 1.58. The topological polar surface area (TPSA) is 63.3 Å². The first-order chi connectivity index (χ1) is 5.65. The summed E-state index contributed by atoms with van der Waals surface area (Å²) >= 11 is 1.81. The molecule has 1 aliphatic rings. The van der Waals surface area contributed by atoms with Gasteiger partial charge in [0.2, 0.25) is 0 Å². The average molecular weight is 189 g/mol. The van der Waals surface area contributed by atoms with Crippen molar-refractivity contribution >= 4 is 17.7 Å².